The summed E-state index contributed by atoms with van der Waals surface area (Å²) in [5.41, 5.74) is 0.493. The Morgan fingerprint density at radius 1 is 1.37 bits per heavy atom. The van der Waals surface area contributed by atoms with Crippen molar-refractivity contribution in [2.24, 2.45) is 0 Å². The monoisotopic (exact) mass is 261 g/mol. The molecule has 0 unspecified atom stereocenters. The fourth-order valence-electron chi connectivity index (χ4n) is 1.58. The summed E-state index contributed by atoms with van der Waals surface area (Å²) < 4.78 is 10.2. The number of carbonyl (C=O) groups is 2. The molecule has 0 amide bonds. The molecule has 2 rings (SSSR count). The average molecular weight is 261 g/mol. The van der Waals surface area contributed by atoms with Gasteiger partial charge in [0.05, 0.1) is 18.9 Å². The van der Waals surface area contributed by atoms with Gasteiger partial charge in [0, 0.05) is 11.1 Å². The zero-order chi connectivity index (χ0) is 14.0. The first-order chi connectivity index (χ1) is 8.85. The van der Waals surface area contributed by atoms with Crippen molar-refractivity contribution < 1.29 is 18.7 Å². The molecule has 5 nitrogen and oxygen atoms in total. The molecule has 2 aromatic heterocycles. The molecule has 2 aromatic rings. The summed E-state index contributed by atoms with van der Waals surface area (Å²) in [6, 6.07) is 3.50. The van der Waals surface area contributed by atoms with E-state index in [1.165, 1.54) is 6.20 Å². The number of nitrogens with zero attached hydrogens (tertiary/aromatic N) is 1. The van der Waals surface area contributed by atoms with E-state index in [9.17, 15) is 9.59 Å². The second-order valence-electron chi connectivity index (χ2n) is 5.24. The fourth-order valence-corrected chi connectivity index (χ4v) is 1.58. The Morgan fingerprint density at radius 2 is 2.11 bits per heavy atom. The van der Waals surface area contributed by atoms with Crippen molar-refractivity contribution >= 4 is 22.7 Å². The molecule has 0 saturated carbocycles. The van der Waals surface area contributed by atoms with E-state index in [0.29, 0.717) is 11.3 Å². The topological polar surface area (TPSA) is 69.4 Å². The standard InChI is InChI=1S/C14H15NO4/c1-14(2,3)19-13(17)11(16)7-10-6-9-4-5-18-12(9)8-15-10/h4-6,8H,7H2,1-3H3. The molecule has 5 heteroatoms. The minimum absolute atomic E-state index is 0.0734. The van der Waals surface area contributed by atoms with Gasteiger partial charge in [-0.3, -0.25) is 9.78 Å². The first kappa shape index (κ1) is 13.3. The van der Waals surface area contributed by atoms with Crippen molar-refractivity contribution in [2.45, 2.75) is 32.8 Å². The number of hydrogen-bond donors (Lipinski definition) is 0. The number of pyridine rings is 1. The van der Waals surface area contributed by atoms with Crippen LogP contribution in [0.15, 0.2) is 29.0 Å². The van der Waals surface area contributed by atoms with Crippen LogP contribution in [0.4, 0.5) is 0 Å². The molecule has 0 saturated heterocycles. The number of aromatic nitrogens is 1. The van der Waals surface area contributed by atoms with E-state index in [1.807, 2.05) is 0 Å². The van der Waals surface area contributed by atoms with Gasteiger partial charge in [0.25, 0.3) is 0 Å². The van der Waals surface area contributed by atoms with Gasteiger partial charge in [-0.15, -0.1) is 0 Å². The number of esters is 1. The number of ether oxygens (including phenoxy) is 1. The number of furan rings is 1. The van der Waals surface area contributed by atoms with Crippen molar-refractivity contribution in [3.05, 3.63) is 30.3 Å². The quantitative estimate of drug-likeness (QED) is 0.626. The molecular formula is C14H15NO4. The van der Waals surface area contributed by atoms with Gasteiger partial charge >= 0.3 is 5.97 Å². The third-order valence-corrected chi connectivity index (χ3v) is 2.37. The SMILES string of the molecule is CC(C)(C)OC(=O)C(=O)Cc1cc2ccoc2cn1. The van der Waals surface area contributed by atoms with Crippen LogP contribution in [0.25, 0.3) is 11.0 Å². The lowest BCUT2D eigenvalue weighted by Crippen LogP contribution is -2.29. The van der Waals surface area contributed by atoms with E-state index in [4.69, 9.17) is 9.15 Å². The molecule has 0 N–H and O–H groups in total. The van der Waals surface area contributed by atoms with Gasteiger partial charge in [0.1, 0.15) is 5.60 Å². The van der Waals surface area contributed by atoms with E-state index >= 15 is 0 Å². The Balaban J connectivity index is 2.07. The predicted octanol–water partition coefficient (Wildman–Crippen LogP) is 2.28. The highest BCUT2D eigenvalue weighted by molar-refractivity contribution is 6.34. The summed E-state index contributed by atoms with van der Waals surface area (Å²) in [6.45, 7) is 5.15. The number of rotatable bonds is 3. The molecule has 0 aliphatic carbocycles. The third kappa shape index (κ3) is 3.40. The van der Waals surface area contributed by atoms with Crippen LogP contribution in [0.5, 0.6) is 0 Å². The van der Waals surface area contributed by atoms with E-state index in [0.717, 1.165) is 5.39 Å². The van der Waals surface area contributed by atoms with Gasteiger partial charge in [-0.05, 0) is 32.9 Å². The van der Waals surface area contributed by atoms with Crippen LogP contribution in [0.3, 0.4) is 0 Å². The van der Waals surface area contributed by atoms with Crippen molar-refractivity contribution in [1.29, 1.82) is 0 Å². The molecule has 0 radical (unpaired) electrons. The lowest BCUT2D eigenvalue weighted by Gasteiger charge is -2.18. The largest absolute Gasteiger partial charge is 0.463 e. The molecule has 2 heterocycles. The summed E-state index contributed by atoms with van der Waals surface area (Å²) >= 11 is 0. The van der Waals surface area contributed by atoms with Crippen LogP contribution in [0.1, 0.15) is 26.5 Å². The third-order valence-electron chi connectivity index (χ3n) is 2.37. The number of fused-ring (bicyclic) bond motifs is 1. The lowest BCUT2D eigenvalue weighted by atomic mass is 10.1. The zero-order valence-corrected chi connectivity index (χ0v) is 11.1. The Kier molecular flexibility index (Phi) is 3.38. The van der Waals surface area contributed by atoms with Crippen LogP contribution in [0.2, 0.25) is 0 Å². The van der Waals surface area contributed by atoms with Gasteiger partial charge in [-0.2, -0.15) is 0 Å². The summed E-state index contributed by atoms with van der Waals surface area (Å²) in [6.07, 6.45) is 3.01. The number of hydrogen-bond acceptors (Lipinski definition) is 5. The second-order valence-corrected chi connectivity index (χ2v) is 5.24. The van der Waals surface area contributed by atoms with Gasteiger partial charge in [0.2, 0.25) is 5.78 Å². The molecule has 0 aliphatic heterocycles. The maximum Gasteiger partial charge on any atom is 0.375 e. The van der Waals surface area contributed by atoms with Gasteiger partial charge in [-0.1, -0.05) is 0 Å². The molecular weight excluding hydrogens is 246 g/mol. The lowest BCUT2D eigenvalue weighted by molar-refractivity contribution is -0.162. The van der Waals surface area contributed by atoms with E-state index in [2.05, 4.69) is 4.98 Å². The smallest absolute Gasteiger partial charge is 0.375 e. The first-order valence-electron chi connectivity index (χ1n) is 5.93. The average Bonchev–Trinajstić information content (AvgIpc) is 2.73. The van der Waals surface area contributed by atoms with E-state index in [-0.39, 0.29) is 6.42 Å². The summed E-state index contributed by atoms with van der Waals surface area (Å²) in [5.74, 6) is -1.44. The Bertz CT molecular complexity index is 622. The Hall–Kier alpha value is -2.17. The van der Waals surface area contributed by atoms with Gasteiger partial charge < -0.3 is 9.15 Å². The van der Waals surface area contributed by atoms with Gasteiger partial charge in [-0.25, -0.2) is 4.79 Å². The minimum Gasteiger partial charge on any atom is -0.463 e. The van der Waals surface area contributed by atoms with Crippen LogP contribution in [0, 0.1) is 0 Å². The molecule has 100 valence electrons. The Morgan fingerprint density at radius 3 is 2.79 bits per heavy atom. The molecule has 19 heavy (non-hydrogen) atoms. The second kappa shape index (κ2) is 4.84. The molecule has 0 aromatic carbocycles. The number of carbonyl (C=O) groups excluding carboxylic acids is 2. The molecule has 0 aliphatic rings. The van der Waals surface area contributed by atoms with E-state index in [1.54, 1.807) is 39.2 Å². The highest BCUT2D eigenvalue weighted by atomic mass is 16.6. The normalized spacial score (nSPS) is 11.5. The van der Waals surface area contributed by atoms with Crippen LogP contribution >= 0.6 is 0 Å². The summed E-state index contributed by atoms with van der Waals surface area (Å²) in [4.78, 5) is 27.4. The highest BCUT2D eigenvalue weighted by Gasteiger charge is 2.23. The van der Waals surface area contributed by atoms with Crippen LogP contribution in [-0.2, 0) is 20.7 Å². The summed E-state index contributed by atoms with van der Waals surface area (Å²) in [5, 5.41) is 0.849. The van der Waals surface area contributed by atoms with Gasteiger partial charge in [0.15, 0.2) is 5.58 Å². The predicted molar refractivity (Wildman–Crippen MR) is 68.6 cm³/mol. The number of ketones is 1. The highest BCUT2D eigenvalue weighted by Crippen LogP contribution is 2.15. The van der Waals surface area contributed by atoms with E-state index < -0.39 is 17.4 Å². The zero-order valence-electron chi connectivity index (χ0n) is 11.1. The van der Waals surface area contributed by atoms with Crippen LogP contribution < -0.4 is 0 Å². The number of Topliss-reactive ketones (excluding diaryl/α,β-unsaturated/α-hetero) is 1. The fraction of sp³-hybridized carbons (Fsp3) is 0.357. The van der Waals surface area contributed by atoms with Crippen molar-refractivity contribution in [3.8, 4) is 0 Å². The molecule has 0 fully saturated rings. The Labute approximate surface area is 110 Å². The van der Waals surface area contributed by atoms with Crippen molar-refractivity contribution in [2.75, 3.05) is 0 Å². The maximum absolute atomic E-state index is 11.7. The van der Waals surface area contributed by atoms with Crippen molar-refractivity contribution in [3.63, 3.8) is 0 Å². The molecule has 0 atom stereocenters. The van der Waals surface area contributed by atoms with Crippen LogP contribution in [-0.4, -0.2) is 22.3 Å². The molecule has 0 spiro atoms. The maximum atomic E-state index is 11.7. The minimum atomic E-state index is -0.832. The molecule has 0 bridgehead atoms. The first-order valence-corrected chi connectivity index (χ1v) is 5.93. The van der Waals surface area contributed by atoms with Crippen molar-refractivity contribution in [1.82, 2.24) is 4.98 Å². The summed E-state index contributed by atoms with van der Waals surface area (Å²) in [7, 11) is 0.